The summed E-state index contributed by atoms with van der Waals surface area (Å²) in [7, 11) is 0. The molecule has 4 nitrogen and oxygen atoms in total. The molecule has 0 aliphatic heterocycles. The zero-order valence-corrected chi connectivity index (χ0v) is 7.43. The van der Waals surface area contributed by atoms with E-state index < -0.39 is 0 Å². The Morgan fingerprint density at radius 3 is 3.29 bits per heavy atom. The topological polar surface area (TPSA) is 55.5 Å². The van der Waals surface area contributed by atoms with Crippen molar-refractivity contribution in [2.45, 2.75) is 6.42 Å². The van der Waals surface area contributed by atoms with Gasteiger partial charge in [0.15, 0.2) is 12.0 Å². The molecule has 2 aromatic rings. The van der Waals surface area contributed by atoms with Crippen LogP contribution in [0.5, 0.6) is 0 Å². The molecule has 2 rings (SSSR count). The first-order valence-electron chi connectivity index (χ1n) is 4.26. The first-order chi connectivity index (χ1) is 6.90. The molecule has 4 heteroatoms. The van der Waals surface area contributed by atoms with E-state index in [1.807, 2.05) is 18.2 Å². The van der Waals surface area contributed by atoms with Crippen molar-refractivity contribution in [1.82, 2.24) is 4.98 Å². The zero-order valence-electron chi connectivity index (χ0n) is 7.43. The largest absolute Gasteiger partial charge is 0.443 e. The summed E-state index contributed by atoms with van der Waals surface area (Å²) in [5.74, 6) is 0. The van der Waals surface area contributed by atoms with E-state index in [-0.39, 0.29) is 0 Å². The van der Waals surface area contributed by atoms with Crippen LogP contribution >= 0.6 is 0 Å². The molecular formula is C10H8N2O2. The van der Waals surface area contributed by atoms with Gasteiger partial charge in [-0.2, -0.15) is 0 Å². The highest BCUT2D eigenvalue weighted by molar-refractivity contribution is 5.72. The van der Waals surface area contributed by atoms with Crippen molar-refractivity contribution in [1.29, 1.82) is 0 Å². The summed E-state index contributed by atoms with van der Waals surface area (Å²) >= 11 is 0. The second-order valence-electron chi connectivity index (χ2n) is 2.88. The Balaban J connectivity index is 2.21. The summed E-state index contributed by atoms with van der Waals surface area (Å²) in [5, 5.41) is 0. The van der Waals surface area contributed by atoms with E-state index in [1.54, 1.807) is 0 Å². The lowest BCUT2D eigenvalue weighted by Gasteiger charge is -1.95. The van der Waals surface area contributed by atoms with Crippen LogP contribution < -0.4 is 0 Å². The molecule has 0 aliphatic rings. The molecule has 0 radical (unpaired) electrons. The highest BCUT2D eigenvalue weighted by Crippen LogP contribution is 2.14. The summed E-state index contributed by atoms with van der Waals surface area (Å²) in [4.78, 5) is 17.3. The van der Waals surface area contributed by atoms with Crippen LogP contribution in [0.25, 0.3) is 11.1 Å². The van der Waals surface area contributed by atoms with Crippen molar-refractivity contribution in [3.8, 4) is 0 Å². The second-order valence-corrected chi connectivity index (χ2v) is 2.88. The van der Waals surface area contributed by atoms with Gasteiger partial charge < -0.3 is 4.42 Å². The molecule has 1 aromatic carbocycles. The normalized spacial score (nSPS) is 10.0. The number of carbonyl (C=O) groups excluding carboxylic acids is 1. The maximum Gasteiger partial charge on any atom is 0.234 e. The van der Waals surface area contributed by atoms with Crippen molar-refractivity contribution in [3.05, 3.63) is 30.2 Å². The predicted octanol–water partition coefficient (Wildman–Crippen LogP) is 1.71. The van der Waals surface area contributed by atoms with Crippen LogP contribution in [0.15, 0.2) is 34.0 Å². The molecule has 70 valence electrons. The number of hydrogen-bond acceptors (Lipinski definition) is 4. The molecule has 0 amide bonds. The van der Waals surface area contributed by atoms with E-state index >= 15 is 0 Å². The summed E-state index contributed by atoms with van der Waals surface area (Å²) in [6.07, 6.45) is 3.64. The van der Waals surface area contributed by atoms with E-state index in [4.69, 9.17) is 4.42 Å². The predicted molar refractivity (Wildman–Crippen MR) is 50.7 cm³/mol. The molecule has 0 saturated carbocycles. The van der Waals surface area contributed by atoms with Gasteiger partial charge in [0.2, 0.25) is 6.08 Å². The molecule has 0 N–H and O–H groups in total. The SMILES string of the molecule is O=C=NCCc1ccc2ncoc2c1. The fourth-order valence-electron chi connectivity index (χ4n) is 1.29. The van der Waals surface area contributed by atoms with Gasteiger partial charge in [0.05, 0.1) is 6.54 Å². The van der Waals surface area contributed by atoms with Crippen LogP contribution in [0.4, 0.5) is 0 Å². The second kappa shape index (κ2) is 3.85. The maximum atomic E-state index is 9.85. The number of aliphatic imine (C=N–C) groups is 1. The van der Waals surface area contributed by atoms with Crippen molar-refractivity contribution in [2.24, 2.45) is 4.99 Å². The highest BCUT2D eigenvalue weighted by atomic mass is 16.3. The molecular weight excluding hydrogens is 180 g/mol. The Kier molecular flexibility index (Phi) is 2.38. The summed E-state index contributed by atoms with van der Waals surface area (Å²) in [5.41, 5.74) is 2.68. The third-order valence-corrected chi connectivity index (χ3v) is 1.97. The van der Waals surface area contributed by atoms with Gasteiger partial charge in [-0.05, 0) is 24.1 Å². The Bertz CT molecular complexity index is 484. The fraction of sp³-hybridized carbons (Fsp3) is 0.200. The van der Waals surface area contributed by atoms with Crippen LogP contribution in [-0.4, -0.2) is 17.6 Å². The molecule has 1 heterocycles. The van der Waals surface area contributed by atoms with Gasteiger partial charge in [-0.15, -0.1) is 0 Å². The third kappa shape index (κ3) is 1.70. The molecule has 0 bridgehead atoms. The van der Waals surface area contributed by atoms with Crippen LogP contribution in [0.3, 0.4) is 0 Å². The molecule has 0 atom stereocenters. The molecule has 14 heavy (non-hydrogen) atoms. The summed E-state index contributed by atoms with van der Waals surface area (Å²) < 4.78 is 5.15. The van der Waals surface area contributed by atoms with Gasteiger partial charge in [0, 0.05) is 0 Å². The Morgan fingerprint density at radius 2 is 2.43 bits per heavy atom. The van der Waals surface area contributed by atoms with Gasteiger partial charge in [0.25, 0.3) is 0 Å². The number of isocyanates is 1. The van der Waals surface area contributed by atoms with Gasteiger partial charge in [-0.3, -0.25) is 0 Å². The number of oxazole rings is 1. The number of nitrogens with zero attached hydrogens (tertiary/aromatic N) is 2. The van der Waals surface area contributed by atoms with E-state index in [2.05, 4.69) is 9.98 Å². The van der Waals surface area contributed by atoms with Crippen molar-refractivity contribution < 1.29 is 9.21 Å². The fourth-order valence-corrected chi connectivity index (χ4v) is 1.29. The first kappa shape index (κ1) is 8.66. The molecule has 0 fully saturated rings. The highest BCUT2D eigenvalue weighted by Gasteiger charge is 1.99. The minimum Gasteiger partial charge on any atom is -0.443 e. The van der Waals surface area contributed by atoms with Crippen LogP contribution in [0.2, 0.25) is 0 Å². The van der Waals surface area contributed by atoms with E-state index in [0.717, 1.165) is 16.7 Å². The minimum atomic E-state index is 0.461. The van der Waals surface area contributed by atoms with E-state index in [0.29, 0.717) is 13.0 Å². The zero-order chi connectivity index (χ0) is 9.80. The number of rotatable bonds is 3. The van der Waals surface area contributed by atoms with Crippen molar-refractivity contribution >= 4 is 17.2 Å². The first-order valence-corrected chi connectivity index (χ1v) is 4.26. The quantitative estimate of drug-likeness (QED) is 0.544. The van der Waals surface area contributed by atoms with Crippen molar-refractivity contribution in [3.63, 3.8) is 0 Å². The Morgan fingerprint density at radius 1 is 1.50 bits per heavy atom. The molecule has 0 spiro atoms. The number of aromatic nitrogens is 1. The molecule has 1 aromatic heterocycles. The van der Waals surface area contributed by atoms with E-state index in [1.165, 1.54) is 12.5 Å². The minimum absolute atomic E-state index is 0.461. The van der Waals surface area contributed by atoms with Gasteiger partial charge in [-0.1, -0.05) is 6.07 Å². The smallest absolute Gasteiger partial charge is 0.234 e. The van der Waals surface area contributed by atoms with E-state index in [9.17, 15) is 4.79 Å². The number of benzene rings is 1. The maximum absolute atomic E-state index is 9.85. The van der Waals surface area contributed by atoms with Gasteiger partial charge in [-0.25, -0.2) is 14.8 Å². The number of hydrogen-bond donors (Lipinski definition) is 0. The lowest BCUT2D eigenvalue weighted by atomic mass is 10.1. The Labute approximate surface area is 80.3 Å². The average molecular weight is 188 g/mol. The molecule has 0 aliphatic carbocycles. The third-order valence-electron chi connectivity index (χ3n) is 1.97. The van der Waals surface area contributed by atoms with Crippen molar-refractivity contribution in [2.75, 3.05) is 6.54 Å². The molecule has 0 saturated heterocycles. The van der Waals surface area contributed by atoms with Crippen LogP contribution in [0.1, 0.15) is 5.56 Å². The van der Waals surface area contributed by atoms with Gasteiger partial charge >= 0.3 is 0 Å². The van der Waals surface area contributed by atoms with Gasteiger partial charge in [0.1, 0.15) is 5.52 Å². The van der Waals surface area contributed by atoms with Crippen LogP contribution in [0, 0.1) is 0 Å². The Hall–Kier alpha value is -1.93. The lowest BCUT2D eigenvalue weighted by molar-refractivity contribution is 0.563. The summed E-state index contributed by atoms with van der Waals surface area (Å²) in [6.45, 7) is 0.461. The van der Waals surface area contributed by atoms with Crippen LogP contribution in [-0.2, 0) is 11.2 Å². The molecule has 0 unspecified atom stereocenters. The standard InChI is InChI=1S/C10H8N2O2/c13-6-11-4-3-8-1-2-9-10(5-8)14-7-12-9/h1-2,5,7H,3-4H2. The average Bonchev–Trinajstić information content (AvgIpc) is 2.65. The monoisotopic (exact) mass is 188 g/mol. The number of fused-ring (bicyclic) bond motifs is 1. The lowest BCUT2D eigenvalue weighted by Crippen LogP contribution is -1.88. The summed E-state index contributed by atoms with van der Waals surface area (Å²) in [6, 6.07) is 5.74.